The Balaban J connectivity index is 2.17. The van der Waals surface area contributed by atoms with Gasteiger partial charge in [0.2, 0.25) is 0 Å². The van der Waals surface area contributed by atoms with E-state index in [-0.39, 0.29) is 23.5 Å². The summed E-state index contributed by atoms with van der Waals surface area (Å²) < 4.78 is 16.2. The van der Waals surface area contributed by atoms with Crippen molar-refractivity contribution in [3.8, 4) is 17.0 Å². The highest BCUT2D eigenvalue weighted by atomic mass is 35.5. The topological polar surface area (TPSA) is 59.0 Å². The zero-order valence-electron chi connectivity index (χ0n) is 13.7. The van der Waals surface area contributed by atoms with Crippen LogP contribution in [0, 0.1) is 12.7 Å². The standard InChI is InChI=1S/C18H15ClFN3O2/c1-11-22(2)17(24)16(13-4-6-14(20)7-5-13)18(25)23(11)10-12-3-8-15(19)21-9-12/h3-9H,10H2,1-2H3/p+1. The summed E-state index contributed by atoms with van der Waals surface area (Å²) in [5, 5.41) is 10.8. The number of aromatic nitrogens is 3. The van der Waals surface area contributed by atoms with Crippen LogP contribution in [0.4, 0.5) is 4.39 Å². The van der Waals surface area contributed by atoms with Gasteiger partial charge in [0.25, 0.3) is 11.7 Å². The summed E-state index contributed by atoms with van der Waals surface area (Å²) in [5.41, 5.74) is 0.998. The molecule has 3 rings (SSSR count). The second-order valence-electron chi connectivity index (χ2n) is 5.69. The lowest BCUT2D eigenvalue weighted by molar-refractivity contribution is -0.688. The largest absolute Gasteiger partial charge is 0.477 e. The molecule has 2 heterocycles. The van der Waals surface area contributed by atoms with Gasteiger partial charge in [-0.25, -0.2) is 18.7 Å². The van der Waals surface area contributed by atoms with Gasteiger partial charge in [-0.2, -0.15) is 4.57 Å². The Kier molecular flexibility index (Phi) is 4.55. The number of hydrogen-bond acceptors (Lipinski definition) is 3. The summed E-state index contributed by atoms with van der Waals surface area (Å²) in [7, 11) is 1.66. The van der Waals surface area contributed by atoms with Crippen LogP contribution in [-0.4, -0.2) is 14.7 Å². The molecule has 5 nitrogen and oxygen atoms in total. The fourth-order valence-electron chi connectivity index (χ4n) is 2.62. The van der Waals surface area contributed by atoms with Crippen LogP contribution in [0.3, 0.4) is 0 Å². The van der Waals surface area contributed by atoms with Gasteiger partial charge in [0.1, 0.15) is 17.5 Å². The molecule has 128 valence electrons. The number of pyridine rings is 1. The van der Waals surface area contributed by atoms with Crippen molar-refractivity contribution in [3.63, 3.8) is 0 Å². The molecule has 0 radical (unpaired) electrons. The maximum absolute atomic E-state index is 13.2. The van der Waals surface area contributed by atoms with Crippen molar-refractivity contribution in [2.24, 2.45) is 7.05 Å². The molecule has 2 aromatic heterocycles. The van der Waals surface area contributed by atoms with Gasteiger partial charge in [0.15, 0.2) is 5.56 Å². The Morgan fingerprint density at radius 2 is 1.92 bits per heavy atom. The third kappa shape index (κ3) is 3.25. The number of rotatable bonds is 3. The molecule has 0 bridgehead atoms. The van der Waals surface area contributed by atoms with E-state index in [1.807, 2.05) is 0 Å². The van der Waals surface area contributed by atoms with E-state index in [4.69, 9.17) is 11.6 Å². The van der Waals surface area contributed by atoms with Crippen LogP contribution in [-0.2, 0) is 13.6 Å². The summed E-state index contributed by atoms with van der Waals surface area (Å²) in [5.74, 6) is -0.00445. The third-order valence-electron chi connectivity index (χ3n) is 4.14. The molecule has 7 heteroatoms. The first-order chi connectivity index (χ1) is 11.9. The molecule has 1 aromatic carbocycles. The van der Waals surface area contributed by atoms with Crippen molar-refractivity contribution in [3.05, 3.63) is 75.3 Å². The monoisotopic (exact) mass is 360 g/mol. The first-order valence-electron chi connectivity index (χ1n) is 7.57. The SMILES string of the molecule is Cc1n(Cc2ccc(Cl)nc2)c(=O)c(-c2ccc(F)cc2)c(O)[n+]1C. The van der Waals surface area contributed by atoms with Crippen LogP contribution < -0.4 is 10.1 Å². The molecule has 3 aromatic rings. The third-order valence-corrected chi connectivity index (χ3v) is 4.36. The number of hydrogen-bond donors (Lipinski definition) is 1. The normalized spacial score (nSPS) is 10.9. The molecule has 25 heavy (non-hydrogen) atoms. The first kappa shape index (κ1) is 17.1. The van der Waals surface area contributed by atoms with Crippen molar-refractivity contribution in [1.82, 2.24) is 9.55 Å². The fraction of sp³-hybridized carbons (Fsp3) is 0.167. The molecule has 0 fully saturated rings. The van der Waals surface area contributed by atoms with Crippen LogP contribution in [0.15, 0.2) is 47.4 Å². The molecule has 0 unspecified atom stereocenters. The van der Waals surface area contributed by atoms with Gasteiger partial charge in [0.05, 0.1) is 7.05 Å². The Bertz CT molecular complexity index is 983. The highest BCUT2D eigenvalue weighted by Gasteiger charge is 2.25. The van der Waals surface area contributed by atoms with Crippen molar-refractivity contribution < 1.29 is 14.1 Å². The van der Waals surface area contributed by atoms with E-state index in [1.165, 1.54) is 33.4 Å². The smallest absolute Gasteiger partial charge is 0.349 e. The van der Waals surface area contributed by atoms with Gasteiger partial charge in [-0.3, -0.25) is 0 Å². The predicted octanol–water partition coefficient (Wildman–Crippen LogP) is 2.59. The molecule has 0 aliphatic heterocycles. The minimum atomic E-state index is -0.410. The van der Waals surface area contributed by atoms with E-state index < -0.39 is 5.82 Å². The average molecular weight is 361 g/mol. The van der Waals surface area contributed by atoms with Crippen LogP contribution in [0.5, 0.6) is 5.88 Å². The number of nitrogens with zero attached hydrogens (tertiary/aromatic N) is 3. The Hall–Kier alpha value is -2.73. The molecule has 0 saturated carbocycles. The molecule has 1 N–H and O–H groups in total. The van der Waals surface area contributed by atoms with E-state index >= 15 is 0 Å². The lowest BCUT2D eigenvalue weighted by atomic mass is 10.1. The number of halogens is 2. The van der Waals surface area contributed by atoms with Gasteiger partial charge in [-0.1, -0.05) is 29.8 Å². The Labute approximate surface area is 148 Å². The zero-order valence-corrected chi connectivity index (χ0v) is 14.5. The van der Waals surface area contributed by atoms with E-state index in [2.05, 4.69) is 4.98 Å². The summed E-state index contributed by atoms with van der Waals surface area (Å²) in [4.78, 5) is 17.0. The molecule has 0 aliphatic carbocycles. The van der Waals surface area contributed by atoms with Crippen LogP contribution >= 0.6 is 11.6 Å². The van der Waals surface area contributed by atoms with E-state index in [0.29, 0.717) is 16.5 Å². The van der Waals surface area contributed by atoms with Crippen LogP contribution in [0.1, 0.15) is 11.4 Å². The van der Waals surface area contributed by atoms with E-state index in [1.54, 1.807) is 32.3 Å². The predicted molar refractivity (Wildman–Crippen MR) is 92.0 cm³/mol. The highest BCUT2D eigenvalue weighted by molar-refractivity contribution is 6.29. The lowest BCUT2D eigenvalue weighted by Crippen LogP contribution is -2.42. The van der Waals surface area contributed by atoms with Gasteiger partial charge < -0.3 is 5.11 Å². The van der Waals surface area contributed by atoms with Crippen LogP contribution in [0.25, 0.3) is 11.1 Å². The minimum Gasteiger partial charge on any atom is -0.477 e. The van der Waals surface area contributed by atoms with E-state index in [0.717, 1.165) is 5.56 Å². The summed E-state index contributed by atoms with van der Waals surface area (Å²) >= 11 is 5.79. The second-order valence-corrected chi connectivity index (χ2v) is 6.08. The molecule has 0 aliphatic rings. The zero-order chi connectivity index (χ0) is 18.1. The summed E-state index contributed by atoms with van der Waals surface area (Å²) in [6.07, 6.45) is 1.60. The maximum atomic E-state index is 13.2. The summed E-state index contributed by atoms with van der Waals surface area (Å²) in [6.45, 7) is 2.01. The molecule has 0 spiro atoms. The number of aromatic hydroxyl groups is 1. The molecule has 0 amide bonds. The summed E-state index contributed by atoms with van der Waals surface area (Å²) in [6, 6.07) is 8.87. The van der Waals surface area contributed by atoms with E-state index in [9.17, 15) is 14.3 Å². The van der Waals surface area contributed by atoms with Crippen LogP contribution in [0.2, 0.25) is 5.15 Å². The first-order valence-corrected chi connectivity index (χ1v) is 7.95. The molecular formula is C18H16ClFN3O2+. The van der Waals surface area contributed by atoms with Gasteiger partial charge >= 0.3 is 5.56 Å². The Morgan fingerprint density at radius 1 is 1.24 bits per heavy atom. The lowest BCUT2D eigenvalue weighted by Gasteiger charge is -2.11. The minimum absolute atomic E-state index is 0.120. The Morgan fingerprint density at radius 3 is 2.52 bits per heavy atom. The average Bonchev–Trinajstić information content (AvgIpc) is 2.60. The van der Waals surface area contributed by atoms with Crippen molar-refractivity contribution in [2.45, 2.75) is 13.5 Å². The maximum Gasteiger partial charge on any atom is 0.349 e. The molecule has 0 atom stereocenters. The van der Waals surface area contributed by atoms with Gasteiger partial charge in [0, 0.05) is 18.7 Å². The highest BCUT2D eigenvalue weighted by Crippen LogP contribution is 2.23. The van der Waals surface area contributed by atoms with Gasteiger partial charge in [-0.05, 0) is 23.8 Å². The molecule has 0 saturated heterocycles. The van der Waals surface area contributed by atoms with Gasteiger partial charge in [-0.15, -0.1) is 0 Å². The quantitative estimate of drug-likeness (QED) is 0.577. The second kappa shape index (κ2) is 6.64. The number of benzene rings is 1. The van der Waals surface area contributed by atoms with Crippen molar-refractivity contribution in [2.75, 3.05) is 0 Å². The molecular weight excluding hydrogens is 345 g/mol. The fourth-order valence-corrected chi connectivity index (χ4v) is 2.73. The van der Waals surface area contributed by atoms with Crippen molar-refractivity contribution in [1.29, 1.82) is 0 Å². The van der Waals surface area contributed by atoms with Crippen molar-refractivity contribution >= 4 is 11.6 Å².